The van der Waals surface area contributed by atoms with Crippen molar-refractivity contribution in [1.29, 1.82) is 0 Å². The average Bonchev–Trinajstić information content (AvgIpc) is 2.57. The molecule has 1 heterocycles. The lowest BCUT2D eigenvalue weighted by molar-refractivity contribution is -0.129. The van der Waals surface area contributed by atoms with Gasteiger partial charge in [-0.15, -0.1) is 11.8 Å². The molecule has 1 aromatic carbocycles. The third-order valence-corrected chi connectivity index (χ3v) is 4.53. The van der Waals surface area contributed by atoms with E-state index < -0.39 is 5.54 Å². The van der Waals surface area contributed by atoms with Crippen molar-refractivity contribution >= 4 is 29.3 Å². The zero-order valence-corrected chi connectivity index (χ0v) is 12.9. The molecular weight excluding hydrogens is 272 g/mol. The highest BCUT2D eigenvalue weighted by Gasteiger charge is 2.39. The van der Waals surface area contributed by atoms with E-state index >= 15 is 0 Å². The second kappa shape index (κ2) is 5.87. The summed E-state index contributed by atoms with van der Waals surface area (Å²) >= 11 is 1.66. The van der Waals surface area contributed by atoms with Crippen LogP contribution in [0.4, 0.5) is 5.69 Å². The Morgan fingerprint density at radius 1 is 1.30 bits per heavy atom. The summed E-state index contributed by atoms with van der Waals surface area (Å²) in [5, 5.41) is 2.84. The minimum Gasteiger partial charge on any atom is -0.342 e. The number of carbonyl (C=O) groups is 2. The van der Waals surface area contributed by atoms with Gasteiger partial charge < -0.3 is 10.2 Å². The summed E-state index contributed by atoms with van der Waals surface area (Å²) in [7, 11) is 0. The van der Waals surface area contributed by atoms with Crippen LogP contribution in [0.5, 0.6) is 0 Å². The average molecular weight is 292 g/mol. The summed E-state index contributed by atoms with van der Waals surface area (Å²) in [6.45, 7) is 4.14. The molecule has 1 N–H and O–H groups in total. The van der Waals surface area contributed by atoms with Gasteiger partial charge in [0.25, 0.3) is 5.91 Å². The maximum absolute atomic E-state index is 12.7. The Labute approximate surface area is 123 Å². The highest BCUT2D eigenvalue weighted by atomic mass is 32.2. The zero-order chi connectivity index (χ0) is 14.8. The largest absolute Gasteiger partial charge is 0.342 e. The van der Waals surface area contributed by atoms with E-state index in [1.807, 2.05) is 37.4 Å². The topological polar surface area (TPSA) is 49.4 Å². The van der Waals surface area contributed by atoms with Crippen LogP contribution in [0.2, 0.25) is 0 Å². The van der Waals surface area contributed by atoms with Gasteiger partial charge in [-0.25, -0.2) is 0 Å². The maximum Gasteiger partial charge on any atom is 0.252 e. The SMILES string of the molecule is CCC1(C)NC(=O)CCN(c2ccc(SC)cc2)C1=O. The number of nitrogens with one attached hydrogen (secondary N) is 1. The first-order chi connectivity index (χ1) is 9.50. The Hall–Kier alpha value is -1.49. The smallest absolute Gasteiger partial charge is 0.252 e. The van der Waals surface area contributed by atoms with E-state index in [1.54, 1.807) is 23.6 Å². The van der Waals surface area contributed by atoms with Gasteiger partial charge in [-0.2, -0.15) is 0 Å². The molecule has 2 rings (SSSR count). The normalized spacial score (nSPS) is 23.4. The zero-order valence-electron chi connectivity index (χ0n) is 12.1. The molecular formula is C15H20N2O2S. The summed E-state index contributed by atoms with van der Waals surface area (Å²) in [5.74, 6) is -0.103. The van der Waals surface area contributed by atoms with Gasteiger partial charge in [0.05, 0.1) is 0 Å². The fourth-order valence-corrected chi connectivity index (χ4v) is 2.69. The highest BCUT2D eigenvalue weighted by Crippen LogP contribution is 2.25. The van der Waals surface area contributed by atoms with Crippen molar-refractivity contribution < 1.29 is 9.59 Å². The van der Waals surface area contributed by atoms with Gasteiger partial charge in [0.2, 0.25) is 5.91 Å². The Balaban J connectivity index is 2.33. The van der Waals surface area contributed by atoms with Crippen LogP contribution in [0.25, 0.3) is 0 Å². The summed E-state index contributed by atoms with van der Waals surface area (Å²) < 4.78 is 0. The van der Waals surface area contributed by atoms with Crippen molar-refractivity contribution in [2.75, 3.05) is 17.7 Å². The maximum atomic E-state index is 12.7. The molecule has 4 nitrogen and oxygen atoms in total. The van der Waals surface area contributed by atoms with E-state index in [4.69, 9.17) is 0 Å². The van der Waals surface area contributed by atoms with Gasteiger partial charge in [0.15, 0.2) is 0 Å². The van der Waals surface area contributed by atoms with Crippen LogP contribution in [-0.4, -0.2) is 30.2 Å². The summed E-state index contributed by atoms with van der Waals surface area (Å²) in [4.78, 5) is 27.4. The Kier molecular flexibility index (Phi) is 4.38. The lowest BCUT2D eigenvalue weighted by atomic mass is 9.97. The first kappa shape index (κ1) is 14.9. The van der Waals surface area contributed by atoms with Crippen LogP contribution in [0.3, 0.4) is 0 Å². The van der Waals surface area contributed by atoms with Crippen molar-refractivity contribution in [2.45, 2.75) is 37.1 Å². The molecule has 1 aliphatic rings. The van der Waals surface area contributed by atoms with E-state index in [0.29, 0.717) is 19.4 Å². The molecule has 2 amide bonds. The molecule has 1 unspecified atom stereocenters. The lowest BCUT2D eigenvalue weighted by Gasteiger charge is -2.31. The first-order valence-electron chi connectivity index (χ1n) is 6.77. The number of benzene rings is 1. The molecule has 1 saturated heterocycles. The molecule has 0 bridgehead atoms. The van der Waals surface area contributed by atoms with Crippen molar-refractivity contribution in [2.24, 2.45) is 0 Å². The number of anilines is 1. The minimum atomic E-state index is -0.814. The summed E-state index contributed by atoms with van der Waals surface area (Å²) in [5.41, 5.74) is 0.0372. The number of hydrogen-bond donors (Lipinski definition) is 1. The van der Waals surface area contributed by atoms with Crippen LogP contribution in [0, 0.1) is 0 Å². The van der Waals surface area contributed by atoms with Gasteiger partial charge >= 0.3 is 0 Å². The molecule has 5 heteroatoms. The third-order valence-electron chi connectivity index (χ3n) is 3.79. The van der Waals surface area contributed by atoms with Crippen molar-refractivity contribution in [3.05, 3.63) is 24.3 Å². The molecule has 0 radical (unpaired) electrons. The third kappa shape index (κ3) is 2.82. The van der Waals surface area contributed by atoms with Gasteiger partial charge in [-0.3, -0.25) is 9.59 Å². The second-order valence-electron chi connectivity index (χ2n) is 5.14. The van der Waals surface area contributed by atoms with Crippen molar-refractivity contribution in [3.63, 3.8) is 0 Å². The predicted octanol–water partition coefficient (Wildman–Crippen LogP) is 2.43. The lowest BCUT2D eigenvalue weighted by Crippen LogP contribution is -2.54. The quantitative estimate of drug-likeness (QED) is 0.871. The molecule has 0 spiro atoms. The Morgan fingerprint density at radius 2 is 1.95 bits per heavy atom. The number of amides is 2. The first-order valence-corrected chi connectivity index (χ1v) is 7.99. The predicted molar refractivity (Wildman–Crippen MR) is 82.0 cm³/mol. The monoisotopic (exact) mass is 292 g/mol. The van der Waals surface area contributed by atoms with E-state index in [-0.39, 0.29) is 11.8 Å². The van der Waals surface area contributed by atoms with Crippen LogP contribution in [0.1, 0.15) is 26.7 Å². The Morgan fingerprint density at radius 3 is 2.50 bits per heavy atom. The number of thioether (sulfide) groups is 1. The van der Waals surface area contributed by atoms with Crippen LogP contribution in [0.15, 0.2) is 29.2 Å². The minimum absolute atomic E-state index is 0.0391. The van der Waals surface area contributed by atoms with Crippen LogP contribution < -0.4 is 10.2 Å². The van der Waals surface area contributed by atoms with Gasteiger partial charge in [-0.1, -0.05) is 6.92 Å². The van der Waals surface area contributed by atoms with Gasteiger partial charge in [0.1, 0.15) is 5.54 Å². The molecule has 20 heavy (non-hydrogen) atoms. The summed E-state index contributed by atoms with van der Waals surface area (Å²) in [6, 6.07) is 7.87. The fraction of sp³-hybridized carbons (Fsp3) is 0.467. The molecule has 0 saturated carbocycles. The van der Waals surface area contributed by atoms with E-state index in [2.05, 4.69) is 5.32 Å². The molecule has 0 aliphatic carbocycles. The molecule has 1 atom stereocenters. The Bertz CT molecular complexity index is 515. The second-order valence-corrected chi connectivity index (χ2v) is 6.02. The molecule has 1 aromatic rings. The van der Waals surface area contributed by atoms with Crippen molar-refractivity contribution in [3.8, 4) is 0 Å². The standard InChI is InChI=1S/C15H20N2O2S/c1-4-15(2)14(19)17(10-9-13(18)16-15)11-5-7-12(20-3)8-6-11/h5-8H,4,9-10H2,1-3H3,(H,16,18). The number of nitrogens with zero attached hydrogens (tertiary/aromatic N) is 1. The van der Waals surface area contributed by atoms with Crippen molar-refractivity contribution in [1.82, 2.24) is 5.32 Å². The van der Waals surface area contributed by atoms with Gasteiger partial charge in [-0.05, 0) is 43.9 Å². The van der Waals surface area contributed by atoms with E-state index in [0.717, 1.165) is 10.6 Å². The number of rotatable bonds is 3. The van der Waals surface area contributed by atoms with E-state index in [9.17, 15) is 9.59 Å². The number of hydrogen-bond acceptors (Lipinski definition) is 3. The van der Waals surface area contributed by atoms with Crippen LogP contribution >= 0.6 is 11.8 Å². The van der Waals surface area contributed by atoms with E-state index in [1.165, 1.54) is 0 Å². The fourth-order valence-electron chi connectivity index (χ4n) is 2.28. The number of carbonyl (C=O) groups excluding carboxylic acids is 2. The molecule has 1 fully saturated rings. The molecule has 0 aromatic heterocycles. The summed E-state index contributed by atoms with van der Waals surface area (Å²) in [6.07, 6.45) is 2.94. The van der Waals surface area contributed by atoms with Gasteiger partial charge in [0, 0.05) is 23.5 Å². The van der Waals surface area contributed by atoms with Crippen LogP contribution in [-0.2, 0) is 9.59 Å². The highest BCUT2D eigenvalue weighted by molar-refractivity contribution is 7.98. The molecule has 108 valence electrons. The molecule has 1 aliphatic heterocycles.